The van der Waals surface area contributed by atoms with Crippen molar-refractivity contribution in [1.29, 1.82) is 0 Å². The predicted octanol–water partition coefficient (Wildman–Crippen LogP) is 1.97. The van der Waals surface area contributed by atoms with Crippen molar-refractivity contribution < 1.29 is 19.0 Å². The van der Waals surface area contributed by atoms with Crippen LogP contribution in [0.2, 0.25) is 0 Å². The lowest BCUT2D eigenvalue weighted by Gasteiger charge is -2.23. The Bertz CT molecular complexity index is 788. The van der Waals surface area contributed by atoms with Crippen LogP contribution in [0.5, 0.6) is 17.2 Å². The van der Waals surface area contributed by atoms with Crippen molar-refractivity contribution in [2.45, 2.75) is 5.25 Å². The number of nitrogens with zero attached hydrogens (tertiary/aromatic N) is 2. The third-order valence-electron chi connectivity index (χ3n) is 4.04. The number of rotatable bonds is 2. The standard InChI is InChI=1S/C16H17N3O4S/c1-19-16-10(7-17-19)15(24-8-13(20)18-16)9-5-11(21-2)14-12(6-9)22-3-4-23-14/h5-7,15H,3-4,8H2,1-2H3,(H,18,20)/t15-/m1/s1. The molecule has 1 amide bonds. The minimum Gasteiger partial charge on any atom is -0.493 e. The number of fused-ring (bicyclic) bond motifs is 2. The summed E-state index contributed by atoms with van der Waals surface area (Å²) in [5.74, 6) is 3.00. The molecule has 2 aliphatic rings. The zero-order chi connectivity index (χ0) is 16.7. The molecule has 0 unspecified atom stereocenters. The Hall–Kier alpha value is -2.35. The van der Waals surface area contributed by atoms with Gasteiger partial charge in [-0.15, -0.1) is 11.8 Å². The second-order valence-electron chi connectivity index (χ2n) is 5.56. The van der Waals surface area contributed by atoms with Crippen molar-refractivity contribution in [3.05, 3.63) is 29.5 Å². The summed E-state index contributed by atoms with van der Waals surface area (Å²) in [5.41, 5.74) is 1.96. The molecule has 24 heavy (non-hydrogen) atoms. The average Bonchev–Trinajstić information content (AvgIpc) is 2.86. The Labute approximate surface area is 143 Å². The van der Waals surface area contributed by atoms with Gasteiger partial charge in [0.05, 0.1) is 24.3 Å². The molecule has 0 aliphatic carbocycles. The van der Waals surface area contributed by atoms with Crippen LogP contribution in [0.3, 0.4) is 0 Å². The van der Waals surface area contributed by atoms with E-state index < -0.39 is 0 Å². The highest BCUT2D eigenvalue weighted by Gasteiger charge is 2.29. The topological polar surface area (TPSA) is 74.6 Å². The van der Waals surface area contributed by atoms with Gasteiger partial charge in [-0.1, -0.05) is 0 Å². The molecular formula is C16H17N3O4S. The number of hydrogen-bond acceptors (Lipinski definition) is 6. The summed E-state index contributed by atoms with van der Waals surface area (Å²) in [7, 11) is 3.43. The van der Waals surface area contributed by atoms with E-state index in [9.17, 15) is 4.79 Å². The first-order valence-corrected chi connectivity index (χ1v) is 8.63. The number of aromatic nitrogens is 2. The largest absolute Gasteiger partial charge is 0.493 e. The minimum absolute atomic E-state index is 0.0307. The third-order valence-corrected chi connectivity index (χ3v) is 5.33. The van der Waals surface area contributed by atoms with Gasteiger partial charge in [-0.25, -0.2) is 0 Å². The normalized spacial score (nSPS) is 19.2. The number of methoxy groups -OCH3 is 1. The van der Waals surface area contributed by atoms with Crippen LogP contribution in [0, 0.1) is 0 Å². The number of hydrogen-bond donors (Lipinski definition) is 1. The molecule has 3 heterocycles. The number of benzene rings is 1. The quantitative estimate of drug-likeness (QED) is 0.895. The zero-order valence-corrected chi connectivity index (χ0v) is 14.2. The molecule has 0 fully saturated rings. The van der Waals surface area contributed by atoms with E-state index in [1.54, 1.807) is 29.8 Å². The molecule has 1 atom stereocenters. The van der Waals surface area contributed by atoms with Gasteiger partial charge < -0.3 is 19.5 Å². The van der Waals surface area contributed by atoms with Gasteiger partial charge in [-0.3, -0.25) is 9.48 Å². The van der Waals surface area contributed by atoms with Crippen molar-refractivity contribution >= 4 is 23.5 Å². The summed E-state index contributed by atoms with van der Waals surface area (Å²) in [6.45, 7) is 1.02. The maximum absolute atomic E-state index is 12.0. The Balaban J connectivity index is 1.82. The van der Waals surface area contributed by atoms with E-state index in [2.05, 4.69) is 10.4 Å². The molecule has 0 saturated carbocycles. The van der Waals surface area contributed by atoms with Crippen LogP contribution in [0.4, 0.5) is 5.82 Å². The summed E-state index contributed by atoms with van der Waals surface area (Å²) >= 11 is 1.55. The number of carbonyl (C=O) groups is 1. The van der Waals surface area contributed by atoms with E-state index >= 15 is 0 Å². The monoisotopic (exact) mass is 347 g/mol. The molecule has 1 aromatic carbocycles. The molecule has 1 N–H and O–H groups in total. The van der Waals surface area contributed by atoms with E-state index in [4.69, 9.17) is 14.2 Å². The summed E-state index contributed by atoms with van der Waals surface area (Å²) in [6, 6.07) is 3.90. The summed E-state index contributed by atoms with van der Waals surface area (Å²) in [6.07, 6.45) is 1.79. The number of aryl methyl sites for hydroxylation is 1. The Kier molecular flexibility index (Phi) is 3.76. The maximum Gasteiger partial charge on any atom is 0.235 e. The highest BCUT2D eigenvalue weighted by atomic mass is 32.2. The molecule has 0 bridgehead atoms. The highest BCUT2D eigenvalue weighted by molar-refractivity contribution is 8.00. The Morgan fingerprint density at radius 1 is 1.38 bits per heavy atom. The van der Waals surface area contributed by atoms with Crippen molar-refractivity contribution in [1.82, 2.24) is 9.78 Å². The average molecular weight is 347 g/mol. The van der Waals surface area contributed by atoms with Crippen LogP contribution < -0.4 is 19.5 Å². The van der Waals surface area contributed by atoms with Gasteiger partial charge in [0.1, 0.15) is 19.0 Å². The van der Waals surface area contributed by atoms with Crippen molar-refractivity contribution in [2.24, 2.45) is 7.05 Å². The van der Waals surface area contributed by atoms with Crippen LogP contribution in [-0.4, -0.2) is 41.8 Å². The van der Waals surface area contributed by atoms with Crippen molar-refractivity contribution in [3.8, 4) is 17.2 Å². The number of thioether (sulfide) groups is 1. The van der Waals surface area contributed by atoms with E-state index in [0.29, 0.717) is 36.2 Å². The van der Waals surface area contributed by atoms with E-state index in [-0.39, 0.29) is 11.2 Å². The fourth-order valence-electron chi connectivity index (χ4n) is 2.94. The van der Waals surface area contributed by atoms with Gasteiger partial charge in [0, 0.05) is 12.6 Å². The van der Waals surface area contributed by atoms with Gasteiger partial charge in [-0.05, 0) is 17.7 Å². The van der Waals surface area contributed by atoms with Crippen molar-refractivity contribution in [2.75, 3.05) is 31.4 Å². The molecule has 8 heteroatoms. The highest BCUT2D eigenvalue weighted by Crippen LogP contribution is 2.47. The van der Waals surface area contributed by atoms with E-state index in [1.807, 2.05) is 19.2 Å². The molecule has 126 valence electrons. The summed E-state index contributed by atoms with van der Waals surface area (Å²) < 4.78 is 18.5. The number of amides is 1. The van der Waals surface area contributed by atoms with E-state index in [1.165, 1.54) is 0 Å². The minimum atomic E-state index is -0.0441. The second kappa shape index (κ2) is 5.94. The molecular weight excluding hydrogens is 330 g/mol. The molecule has 0 radical (unpaired) electrons. The van der Waals surface area contributed by atoms with Crippen LogP contribution in [0.25, 0.3) is 0 Å². The van der Waals surface area contributed by atoms with Gasteiger partial charge in [0.25, 0.3) is 0 Å². The number of carbonyl (C=O) groups excluding carboxylic acids is 1. The first-order valence-electron chi connectivity index (χ1n) is 7.58. The molecule has 4 rings (SSSR count). The molecule has 2 aliphatic heterocycles. The first kappa shape index (κ1) is 15.2. The maximum atomic E-state index is 12.0. The summed E-state index contributed by atoms with van der Waals surface area (Å²) in [5, 5.41) is 7.15. The van der Waals surface area contributed by atoms with Crippen LogP contribution in [0.1, 0.15) is 16.4 Å². The SMILES string of the molecule is COc1cc([C@H]2SCC(=O)Nc3c2cnn3C)cc2c1OCCO2. The smallest absolute Gasteiger partial charge is 0.235 e. The van der Waals surface area contributed by atoms with Gasteiger partial charge in [0.15, 0.2) is 11.5 Å². The van der Waals surface area contributed by atoms with Crippen molar-refractivity contribution in [3.63, 3.8) is 0 Å². The molecule has 0 spiro atoms. The molecule has 1 aromatic heterocycles. The summed E-state index contributed by atoms with van der Waals surface area (Å²) in [4.78, 5) is 12.0. The fraction of sp³-hybridized carbons (Fsp3) is 0.375. The Morgan fingerprint density at radius 2 is 2.21 bits per heavy atom. The Morgan fingerprint density at radius 3 is 3.04 bits per heavy atom. The molecule has 0 saturated heterocycles. The fourth-order valence-corrected chi connectivity index (χ4v) is 4.01. The predicted molar refractivity (Wildman–Crippen MR) is 90.1 cm³/mol. The number of anilines is 1. The lowest BCUT2D eigenvalue weighted by molar-refractivity contribution is -0.113. The number of nitrogens with one attached hydrogen (secondary N) is 1. The lowest BCUT2D eigenvalue weighted by atomic mass is 10.0. The van der Waals surface area contributed by atoms with Gasteiger partial charge in [-0.2, -0.15) is 5.10 Å². The van der Waals surface area contributed by atoms with Crippen LogP contribution in [-0.2, 0) is 11.8 Å². The van der Waals surface area contributed by atoms with Gasteiger partial charge in [0.2, 0.25) is 11.7 Å². The van der Waals surface area contributed by atoms with Crippen LogP contribution in [0.15, 0.2) is 18.3 Å². The zero-order valence-electron chi connectivity index (χ0n) is 13.4. The first-order chi connectivity index (χ1) is 11.7. The molecule has 7 nitrogen and oxygen atoms in total. The number of ether oxygens (including phenoxy) is 3. The van der Waals surface area contributed by atoms with Crippen LogP contribution >= 0.6 is 11.8 Å². The second-order valence-corrected chi connectivity index (χ2v) is 6.65. The van der Waals surface area contributed by atoms with E-state index in [0.717, 1.165) is 16.9 Å². The molecule has 2 aromatic rings. The third kappa shape index (κ3) is 2.47. The van der Waals surface area contributed by atoms with Gasteiger partial charge >= 0.3 is 0 Å². The lowest BCUT2D eigenvalue weighted by Crippen LogP contribution is -2.16.